The number of hydrogen-bond acceptors (Lipinski definition) is 2. The van der Waals surface area contributed by atoms with Gasteiger partial charge >= 0.3 is 0 Å². The molecule has 0 spiro atoms. The van der Waals surface area contributed by atoms with Crippen LogP contribution in [-0.2, 0) is 13.2 Å². The Bertz CT molecular complexity index is 590. The molecule has 0 heterocycles. The maximum Gasteiger partial charge on any atom is 0.0681 e. The molecule has 110 valence electrons. The van der Waals surface area contributed by atoms with E-state index in [4.69, 9.17) is 5.11 Å². The lowest BCUT2D eigenvalue weighted by Gasteiger charge is -2.36. The highest BCUT2D eigenvalue weighted by atomic mass is 79.9. The molecule has 0 radical (unpaired) electrons. The lowest BCUT2D eigenvalue weighted by Crippen LogP contribution is -2.39. The standard InChI is InChI=1S/C18H20BrNO/c19-17-3-1-2-15(8-17)16-9-18(10-16)20-11-13-4-6-14(12-21)7-5-13/h1-8,16,18,20-21H,9-12H2. The maximum absolute atomic E-state index is 9.03. The Morgan fingerprint density at radius 1 is 1.05 bits per heavy atom. The average molecular weight is 346 g/mol. The summed E-state index contributed by atoms with van der Waals surface area (Å²) in [5.74, 6) is 0.691. The summed E-state index contributed by atoms with van der Waals surface area (Å²) in [4.78, 5) is 0. The smallest absolute Gasteiger partial charge is 0.0681 e. The Labute approximate surface area is 134 Å². The molecule has 0 aromatic heterocycles. The minimum Gasteiger partial charge on any atom is -0.392 e. The molecular weight excluding hydrogens is 326 g/mol. The average Bonchev–Trinajstić information content (AvgIpc) is 2.46. The largest absolute Gasteiger partial charge is 0.392 e. The quantitative estimate of drug-likeness (QED) is 0.858. The van der Waals surface area contributed by atoms with Gasteiger partial charge in [-0.3, -0.25) is 0 Å². The summed E-state index contributed by atoms with van der Waals surface area (Å²) < 4.78 is 1.17. The Morgan fingerprint density at radius 3 is 2.43 bits per heavy atom. The molecule has 0 bridgehead atoms. The van der Waals surface area contributed by atoms with Gasteiger partial charge in [0, 0.05) is 17.1 Å². The van der Waals surface area contributed by atoms with Crippen molar-refractivity contribution in [2.75, 3.05) is 0 Å². The van der Waals surface area contributed by atoms with Crippen molar-refractivity contribution in [3.05, 3.63) is 69.7 Å². The molecule has 1 saturated carbocycles. The number of nitrogens with one attached hydrogen (secondary N) is 1. The van der Waals surface area contributed by atoms with Crippen molar-refractivity contribution in [1.29, 1.82) is 0 Å². The van der Waals surface area contributed by atoms with Gasteiger partial charge in [0.05, 0.1) is 6.61 Å². The van der Waals surface area contributed by atoms with Gasteiger partial charge in [-0.05, 0) is 47.6 Å². The van der Waals surface area contributed by atoms with Gasteiger partial charge in [0.15, 0.2) is 0 Å². The molecule has 21 heavy (non-hydrogen) atoms. The molecule has 3 rings (SSSR count). The Hall–Kier alpha value is -1.16. The van der Waals surface area contributed by atoms with Gasteiger partial charge in [0.2, 0.25) is 0 Å². The van der Waals surface area contributed by atoms with Crippen LogP contribution >= 0.6 is 15.9 Å². The van der Waals surface area contributed by atoms with Crippen molar-refractivity contribution in [3.8, 4) is 0 Å². The fourth-order valence-electron chi connectivity index (χ4n) is 2.84. The third-order valence-corrected chi connectivity index (χ3v) is 4.75. The molecular formula is C18H20BrNO. The Morgan fingerprint density at radius 2 is 1.76 bits per heavy atom. The van der Waals surface area contributed by atoms with Crippen LogP contribution in [0.15, 0.2) is 53.0 Å². The van der Waals surface area contributed by atoms with E-state index in [0.29, 0.717) is 12.0 Å². The van der Waals surface area contributed by atoms with Gasteiger partial charge in [-0.2, -0.15) is 0 Å². The highest BCUT2D eigenvalue weighted by molar-refractivity contribution is 9.10. The molecule has 1 fully saturated rings. The van der Waals surface area contributed by atoms with E-state index in [9.17, 15) is 0 Å². The zero-order chi connectivity index (χ0) is 14.7. The number of aliphatic hydroxyl groups excluding tert-OH is 1. The lowest BCUT2D eigenvalue weighted by molar-refractivity contribution is 0.281. The molecule has 0 atom stereocenters. The third kappa shape index (κ3) is 3.73. The van der Waals surface area contributed by atoms with E-state index in [-0.39, 0.29) is 6.61 Å². The molecule has 0 aliphatic heterocycles. The molecule has 0 unspecified atom stereocenters. The van der Waals surface area contributed by atoms with Crippen molar-refractivity contribution < 1.29 is 5.11 Å². The zero-order valence-electron chi connectivity index (χ0n) is 11.9. The van der Waals surface area contributed by atoms with Crippen LogP contribution in [0, 0.1) is 0 Å². The van der Waals surface area contributed by atoms with Crippen LogP contribution in [0.2, 0.25) is 0 Å². The first-order chi connectivity index (χ1) is 10.2. The maximum atomic E-state index is 9.03. The normalized spacial score (nSPS) is 21.0. The number of benzene rings is 2. The predicted octanol–water partition coefficient (Wildman–Crippen LogP) is 3.98. The van der Waals surface area contributed by atoms with Crippen LogP contribution in [0.3, 0.4) is 0 Å². The summed E-state index contributed by atoms with van der Waals surface area (Å²) in [5, 5.41) is 12.6. The molecule has 2 aromatic carbocycles. The fraction of sp³-hybridized carbons (Fsp3) is 0.333. The lowest BCUT2D eigenvalue weighted by atomic mass is 9.76. The second-order valence-corrected chi connectivity index (χ2v) is 6.69. The minimum absolute atomic E-state index is 0.116. The summed E-state index contributed by atoms with van der Waals surface area (Å²) in [7, 11) is 0. The van der Waals surface area contributed by atoms with Gasteiger partial charge in [-0.1, -0.05) is 52.3 Å². The first kappa shape index (κ1) is 14.8. The van der Waals surface area contributed by atoms with Crippen LogP contribution in [-0.4, -0.2) is 11.1 Å². The van der Waals surface area contributed by atoms with Crippen LogP contribution in [0.5, 0.6) is 0 Å². The first-order valence-electron chi connectivity index (χ1n) is 7.42. The van der Waals surface area contributed by atoms with E-state index < -0.39 is 0 Å². The highest BCUT2D eigenvalue weighted by Gasteiger charge is 2.29. The van der Waals surface area contributed by atoms with Crippen molar-refractivity contribution in [1.82, 2.24) is 5.32 Å². The zero-order valence-corrected chi connectivity index (χ0v) is 13.5. The van der Waals surface area contributed by atoms with Gasteiger partial charge in [0.25, 0.3) is 0 Å². The van der Waals surface area contributed by atoms with E-state index in [1.807, 2.05) is 12.1 Å². The molecule has 2 N–H and O–H groups in total. The highest BCUT2D eigenvalue weighted by Crippen LogP contribution is 2.37. The SMILES string of the molecule is OCc1ccc(CNC2CC(c3cccc(Br)c3)C2)cc1. The van der Waals surface area contributed by atoms with Crippen molar-refractivity contribution in [3.63, 3.8) is 0 Å². The van der Waals surface area contributed by atoms with Crippen LogP contribution in [0.1, 0.15) is 35.4 Å². The summed E-state index contributed by atoms with van der Waals surface area (Å²) in [5.41, 5.74) is 3.69. The van der Waals surface area contributed by atoms with Crippen LogP contribution < -0.4 is 5.32 Å². The van der Waals surface area contributed by atoms with Crippen molar-refractivity contribution in [2.45, 2.75) is 38.0 Å². The van der Waals surface area contributed by atoms with E-state index in [2.05, 4.69) is 57.6 Å². The van der Waals surface area contributed by atoms with E-state index in [0.717, 1.165) is 12.1 Å². The minimum atomic E-state index is 0.116. The second kappa shape index (κ2) is 6.73. The molecule has 2 aromatic rings. The number of hydrogen-bond donors (Lipinski definition) is 2. The molecule has 0 saturated heterocycles. The van der Waals surface area contributed by atoms with Crippen molar-refractivity contribution in [2.24, 2.45) is 0 Å². The topological polar surface area (TPSA) is 32.3 Å². The van der Waals surface area contributed by atoms with Gasteiger partial charge in [-0.15, -0.1) is 0 Å². The fourth-order valence-corrected chi connectivity index (χ4v) is 3.26. The van der Waals surface area contributed by atoms with Gasteiger partial charge in [-0.25, -0.2) is 0 Å². The second-order valence-electron chi connectivity index (χ2n) is 5.78. The number of rotatable bonds is 5. The predicted molar refractivity (Wildman–Crippen MR) is 89.1 cm³/mol. The first-order valence-corrected chi connectivity index (χ1v) is 8.21. The summed E-state index contributed by atoms with van der Waals surface area (Å²) in [6.07, 6.45) is 2.43. The molecule has 1 aliphatic rings. The Kier molecular flexibility index (Phi) is 4.73. The van der Waals surface area contributed by atoms with Crippen LogP contribution in [0.25, 0.3) is 0 Å². The molecule has 3 heteroatoms. The molecule has 2 nitrogen and oxygen atoms in total. The van der Waals surface area contributed by atoms with Gasteiger partial charge in [0.1, 0.15) is 0 Å². The summed E-state index contributed by atoms with van der Waals surface area (Å²) in [6, 6.07) is 17.4. The monoisotopic (exact) mass is 345 g/mol. The summed E-state index contributed by atoms with van der Waals surface area (Å²) in [6.45, 7) is 1.02. The van der Waals surface area contributed by atoms with Crippen molar-refractivity contribution >= 4 is 15.9 Å². The number of halogens is 1. The Balaban J connectivity index is 1.46. The van der Waals surface area contributed by atoms with E-state index >= 15 is 0 Å². The molecule has 1 aliphatic carbocycles. The van der Waals surface area contributed by atoms with E-state index in [1.54, 1.807) is 0 Å². The number of aliphatic hydroxyl groups is 1. The van der Waals surface area contributed by atoms with E-state index in [1.165, 1.54) is 28.4 Å². The third-order valence-electron chi connectivity index (χ3n) is 4.26. The summed E-state index contributed by atoms with van der Waals surface area (Å²) >= 11 is 3.54. The van der Waals surface area contributed by atoms with Crippen LogP contribution in [0.4, 0.5) is 0 Å². The molecule has 0 amide bonds. The van der Waals surface area contributed by atoms with Gasteiger partial charge < -0.3 is 10.4 Å².